The summed E-state index contributed by atoms with van der Waals surface area (Å²) in [5.74, 6) is 0.223. The van der Waals surface area contributed by atoms with Crippen molar-refractivity contribution in [1.29, 1.82) is 0 Å². The minimum Gasteiger partial charge on any atom is -0.370 e. The first-order valence-corrected chi connectivity index (χ1v) is 7.70. The number of nitrogens with one attached hydrogen (secondary N) is 1. The van der Waals surface area contributed by atoms with Crippen LogP contribution in [0.15, 0.2) is 30.3 Å². The number of carbonyl (C=O) groups is 1. The Morgan fingerprint density at radius 1 is 1.19 bits per heavy atom. The van der Waals surface area contributed by atoms with Gasteiger partial charge in [-0.05, 0) is 5.56 Å². The van der Waals surface area contributed by atoms with Gasteiger partial charge in [-0.3, -0.25) is 9.69 Å². The number of morpholine rings is 1. The van der Waals surface area contributed by atoms with Crippen molar-refractivity contribution in [1.82, 2.24) is 15.1 Å². The average Bonchev–Trinajstić information content (AvgIpc) is 2.57. The van der Waals surface area contributed by atoms with E-state index in [1.807, 2.05) is 23.1 Å². The molecule has 1 aromatic carbocycles. The van der Waals surface area contributed by atoms with Gasteiger partial charge in [0.15, 0.2) is 0 Å². The number of hydrogen-bond acceptors (Lipinski definition) is 4. The molecule has 21 heavy (non-hydrogen) atoms. The topological polar surface area (TPSA) is 44.8 Å². The lowest BCUT2D eigenvalue weighted by molar-refractivity contribution is -0.140. The third-order valence-electron chi connectivity index (χ3n) is 4.16. The Bertz CT molecular complexity index is 460. The number of benzene rings is 1. The van der Waals surface area contributed by atoms with Gasteiger partial charge in [0.2, 0.25) is 5.91 Å². The second-order valence-corrected chi connectivity index (χ2v) is 5.64. The van der Waals surface area contributed by atoms with Crippen LogP contribution in [0, 0.1) is 0 Å². The summed E-state index contributed by atoms with van der Waals surface area (Å²) >= 11 is 0. The van der Waals surface area contributed by atoms with E-state index < -0.39 is 0 Å². The summed E-state index contributed by atoms with van der Waals surface area (Å²) in [5, 5.41) is 3.31. The average molecular weight is 289 g/mol. The van der Waals surface area contributed by atoms with Gasteiger partial charge in [0.05, 0.1) is 19.7 Å². The molecule has 1 N–H and O–H groups in total. The fraction of sp³-hybridized carbons (Fsp3) is 0.562. The predicted molar refractivity (Wildman–Crippen MR) is 81.0 cm³/mol. The Hall–Kier alpha value is -1.43. The van der Waals surface area contributed by atoms with E-state index in [-0.39, 0.29) is 12.0 Å². The molecule has 5 nitrogen and oxygen atoms in total. The molecule has 2 aliphatic heterocycles. The molecule has 0 bridgehead atoms. The molecule has 0 aromatic heterocycles. The van der Waals surface area contributed by atoms with Crippen molar-refractivity contribution < 1.29 is 9.53 Å². The van der Waals surface area contributed by atoms with E-state index in [9.17, 15) is 4.79 Å². The van der Waals surface area contributed by atoms with E-state index in [0.717, 1.165) is 31.7 Å². The summed E-state index contributed by atoms with van der Waals surface area (Å²) in [5.41, 5.74) is 1.15. The van der Waals surface area contributed by atoms with Crippen LogP contribution in [0.2, 0.25) is 0 Å². The van der Waals surface area contributed by atoms with Crippen molar-refractivity contribution in [2.45, 2.75) is 6.10 Å². The van der Waals surface area contributed by atoms with Gasteiger partial charge in [0, 0.05) is 32.7 Å². The molecule has 2 aliphatic rings. The maximum Gasteiger partial charge on any atom is 0.236 e. The fourth-order valence-electron chi connectivity index (χ4n) is 2.91. The zero-order chi connectivity index (χ0) is 14.5. The van der Waals surface area contributed by atoms with Gasteiger partial charge in [-0.25, -0.2) is 0 Å². The van der Waals surface area contributed by atoms with Gasteiger partial charge in [-0.1, -0.05) is 30.3 Å². The number of nitrogens with zero attached hydrogens (tertiary/aromatic N) is 2. The highest BCUT2D eigenvalue weighted by Gasteiger charge is 2.26. The normalized spacial score (nSPS) is 24.0. The predicted octanol–water partition coefficient (Wildman–Crippen LogP) is 0.492. The summed E-state index contributed by atoms with van der Waals surface area (Å²) in [6.07, 6.45) is 0.00641. The summed E-state index contributed by atoms with van der Waals surface area (Å²) in [7, 11) is 0. The number of piperazine rings is 1. The van der Waals surface area contributed by atoms with Crippen LogP contribution in [-0.4, -0.2) is 68.1 Å². The molecule has 3 rings (SSSR count). The van der Waals surface area contributed by atoms with Crippen LogP contribution in [0.25, 0.3) is 0 Å². The number of carbonyl (C=O) groups excluding carboxylic acids is 1. The molecule has 0 saturated carbocycles. The van der Waals surface area contributed by atoms with Crippen LogP contribution in [0.4, 0.5) is 0 Å². The van der Waals surface area contributed by atoms with Crippen molar-refractivity contribution in [2.75, 3.05) is 52.4 Å². The third kappa shape index (κ3) is 3.81. The summed E-state index contributed by atoms with van der Waals surface area (Å²) in [6, 6.07) is 10.2. The molecule has 0 spiro atoms. The molecular formula is C16H23N3O2. The maximum atomic E-state index is 12.5. The molecule has 1 atom stereocenters. The van der Waals surface area contributed by atoms with Crippen molar-refractivity contribution in [3.8, 4) is 0 Å². The number of hydrogen-bond donors (Lipinski definition) is 1. The first-order valence-electron chi connectivity index (χ1n) is 7.70. The molecular weight excluding hydrogens is 266 g/mol. The number of rotatable bonds is 3. The third-order valence-corrected chi connectivity index (χ3v) is 4.16. The molecule has 0 aliphatic carbocycles. The molecule has 1 amide bonds. The van der Waals surface area contributed by atoms with E-state index in [1.54, 1.807) is 0 Å². The van der Waals surface area contributed by atoms with E-state index in [2.05, 4.69) is 22.3 Å². The second kappa shape index (κ2) is 7.02. The van der Waals surface area contributed by atoms with Crippen molar-refractivity contribution in [3.63, 3.8) is 0 Å². The summed E-state index contributed by atoms with van der Waals surface area (Å²) in [4.78, 5) is 16.6. The second-order valence-electron chi connectivity index (χ2n) is 5.64. The lowest BCUT2D eigenvalue weighted by atomic mass is 10.1. The van der Waals surface area contributed by atoms with Crippen LogP contribution >= 0.6 is 0 Å². The Morgan fingerprint density at radius 3 is 2.71 bits per heavy atom. The molecule has 2 saturated heterocycles. The molecule has 2 heterocycles. The van der Waals surface area contributed by atoms with E-state index in [0.29, 0.717) is 26.2 Å². The van der Waals surface area contributed by atoms with Crippen molar-refractivity contribution in [3.05, 3.63) is 35.9 Å². The summed E-state index contributed by atoms with van der Waals surface area (Å²) in [6.45, 7) is 6.38. The van der Waals surface area contributed by atoms with Crippen molar-refractivity contribution in [2.24, 2.45) is 0 Å². The Labute approximate surface area is 125 Å². The van der Waals surface area contributed by atoms with E-state index in [1.165, 1.54) is 0 Å². The fourth-order valence-corrected chi connectivity index (χ4v) is 2.91. The highest BCUT2D eigenvalue weighted by atomic mass is 16.5. The zero-order valence-electron chi connectivity index (χ0n) is 12.3. The molecule has 114 valence electrons. The van der Waals surface area contributed by atoms with Gasteiger partial charge in [0.25, 0.3) is 0 Å². The smallest absolute Gasteiger partial charge is 0.236 e. The van der Waals surface area contributed by atoms with Crippen LogP contribution in [-0.2, 0) is 9.53 Å². The molecule has 5 heteroatoms. The largest absolute Gasteiger partial charge is 0.370 e. The quantitative estimate of drug-likeness (QED) is 0.880. The van der Waals surface area contributed by atoms with Gasteiger partial charge >= 0.3 is 0 Å². The van der Waals surface area contributed by atoms with Gasteiger partial charge < -0.3 is 15.0 Å². The molecule has 0 radical (unpaired) electrons. The molecule has 1 aromatic rings. The van der Waals surface area contributed by atoms with Crippen LogP contribution in [0.1, 0.15) is 11.7 Å². The highest BCUT2D eigenvalue weighted by Crippen LogP contribution is 2.21. The monoisotopic (exact) mass is 289 g/mol. The van der Waals surface area contributed by atoms with Crippen molar-refractivity contribution >= 4 is 5.91 Å². The zero-order valence-corrected chi connectivity index (χ0v) is 12.3. The van der Waals surface area contributed by atoms with E-state index in [4.69, 9.17) is 4.74 Å². The lowest BCUT2D eigenvalue weighted by Gasteiger charge is -2.35. The van der Waals surface area contributed by atoms with Gasteiger partial charge in [-0.15, -0.1) is 0 Å². The molecule has 1 unspecified atom stereocenters. The van der Waals surface area contributed by atoms with E-state index >= 15 is 0 Å². The van der Waals surface area contributed by atoms with Crippen LogP contribution in [0.5, 0.6) is 0 Å². The standard InChI is InChI=1S/C16H23N3O2/c20-16(13-18-8-6-17-7-9-18)19-10-11-21-15(12-19)14-4-2-1-3-5-14/h1-5,15,17H,6-13H2. The van der Waals surface area contributed by atoms with Crippen LogP contribution < -0.4 is 5.32 Å². The lowest BCUT2D eigenvalue weighted by Crippen LogP contribution is -2.50. The molecule has 2 fully saturated rings. The summed E-state index contributed by atoms with van der Waals surface area (Å²) < 4.78 is 5.82. The highest BCUT2D eigenvalue weighted by molar-refractivity contribution is 5.78. The number of amides is 1. The minimum atomic E-state index is 0.00641. The minimum absolute atomic E-state index is 0.00641. The van der Waals surface area contributed by atoms with Gasteiger partial charge in [-0.2, -0.15) is 0 Å². The first-order chi connectivity index (χ1) is 10.3. The first kappa shape index (κ1) is 14.5. The number of ether oxygens (including phenoxy) is 1. The Balaban J connectivity index is 1.56. The Kier molecular flexibility index (Phi) is 4.85. The van der Waals surface area contributed by atoms with Crippen LogP contribution in [0.3, 0.4) is 0 Å². The van der Waals surface area contributed by atoms with Gasteiger partial charge in [0.1, 0.15) is 6.10 Å². The Morgan fingerprint density at radius 2 is 1.95 bits per heavy atom. The maximum absolute atomic E-state index is 12.5. The SMILES string of the molecule is O=C(CN1CCNCC1)N1CCOC(c2ccccc2)C1.